The van der Waals surface area contributed by atoms with Gasteiger partial charge in [-0.25, -0.2) is 0 Å². The number of halogens is 1. The maximum Gasteiger partial charge on any atom is 0.305 e. The van der Waals surface area contributed by atoms with Gasteiger partial charge in [-0.1, -0.05) is 29.5 Å². The van der Waals surface area contributed by atoms with Gasteiger partial charge < -0.3 is 4.74 Å². The molecule has 0 radical (unpaired) electrons. The number of esters is 1. The zero-order valence-corrected chi connectivity index (χ0v) is 9.96. The van der Waals surface area contributed by atoms with Crippen molar-refractivity contribution in [2.45, 2.75) is 43.5 Å². The standard InChI is InChI=1S/C9H17IO2/c1-3-8(10)6-5-7-9(11)12-4-2/h8H,3-7H2,1-2H3/t8-/m1/s1. The van der Waals surface area contributed by atoms with Crippen molar-refractivity contribution < 1.29 is 9.53 Å². The van der Waals surface area contributed by atoms with Gasteiger partial charge >= 0.3 is 5.97 Å². The van der Waals surface area contributed by atoms with Crippen molar-refractivity contribution in [3.63, 3.8) is 0 Å². The number of hydrogen-bond donors (Lipinski definition) is 0. The molecule has 0 heterocycles. The van der Waals surface area contributed by atoms with Crippen molar-refractivity contribution >= 4 is 28.6 Å². The van der Waals surface area contributed by atoms with E-state index in [0.29, 0.717) is 17.0 Å². The second kappa shape index (κ2) is 7.83. The minimum atomic E-state index is -0.0581. The van der Waals surface area contributed by atoms with Gasteiger partial charge in [0.2, 0.25) is 0 Å². The molecule has 0 N–H and O–H groups in total. The van der Waals surface area contributed by atoms with Crippen LogP contribution in [0.2, 0.25) is 0 Å². The number of alkyl halides is 1. The summed E-state index contributed by atoms with van der Waals surface area (Å²) in [5, 5.41) is 0. The van der Waals surface area contributed by atoms with Gasteiger partial charge in [-0.15, -0.1) is 0 Å². The summed E-state index contributed by atoms with van der Waals surface area (Å²) >= 11 is 2.42. The van der Waals surface area contributed by atoms with Crippen molar-refractivity contribution in [3.8, 4) is 0 Å². The van der Waals surface area contributed by atoms with Crippen LogP contribution in [0.5, 0.6) is 0 Å². The Balaban J connectivity index is 3.24. The predicted octanol–water partition coefficient (Wildman–Crippen LogP) is 2.93. The maximum absolute atomic E-state index is 10.9. The largest absolute Gasteiger partial charge is 0.466 e. The molecule has 0 spiro atoms. The van der Waals surface area contributed by atoms with E-state index in [9.17, 15) is 4.79 Å². The number of hydrogen-bond acceptors (Lipinski definition) is 2. The summed E-state index contributed by atoms with van der Waals surface area (Å²) in [7, 11) is 0. The zero-order chi connectivity index (χ0) is 9.40. The van der Waals surface area contributed by atoms with Gasteiger partial charge in [-0.05, 0) is 26.2 Å². The van der Waals surface area contributed by atoms with E-state index in [-0.39, 0.29) is 5.97 Å². The second-order valence-electron chi connectivity index (χ2n) is 2.70. The molecule has 0 aliphatic rings. The van der Waals surface area contributed by atoms with E-state index in [0.717, 1.165) is 12.8 Å². The number of carbonyl (C=O) groups is 1. The predicted molar refractivity (Wildman–Crippen MR) is 58.6 cm³/mol. The topological polar surface area (TPSA) is 26.3 Å². The summed E-state index contributed by atoms with van der Waals surface area (Å²) in [4.78, 5) is 10.9. The first kappa shape index (κ1) is 12.2. The van der Waals surface area contributed by atoms with Crippen LogP contribution in [-0.4, -0.2) is 16.5 Å². The molecule has 0 aliphatic carbocycles. The Labute approximate surface area is 88.2 Å². The fourth-order valence-corrected chi connectivity index (χ4v) is 1.35. The quantitative estimate of drug-likeness (QED) is 0.426. The van der Waals surface area contributed by atoms with Crippen molar-refractivity contribution in [2.24, 2.45) is 0 Å². The summed E-state index contributed by atoms with van der Waals surface area (Å²) in [6, 6.07) is 0. The van der Waals surface area contributed by atoms with Crippen LogP contribution in [-0.2, 0) is 9.53 Å². The molecule has 0 aromatic heterocycles. The Morgan fingerprint density at radius 2 is 2.17 bits per heavy atom. The molecule has 0 bridgehead atoms. The normalized spacial score (nSPS) is 12.6. The van der Waals surface area contributed by atoms with E-state index in [1.165, 1.54) is 6.42 Å². The lowest BCUT2D eigenvalue weighted by atomic mass is 10.1. The molecule has 0 saturated carbocycles. The molecule has 72 valence electrons. The third-order valence-corrected chi connectivity index (χ3v) is 3.15. The van der Waals surface area contributed by atoms with Crippen LogP contribution in [0.25, 0.3) is 0 Å². The summed E-state index contributed by atoms with van der Waals surface area (Å²) in [5.41, 5.74) is 0. The highest BCUT2D eigenvalue weighted by molar-refractivity contribution is 14.1. The Morgan fingerprint density at radius 1 is 1.50 bits per heavy atom. The molecule has 0 aromatic rings. The van der Waals surface area contributed by atoms with Crippen molar-refractivity contribution in [3.05, 3.63) is 0 Å². The Hall–Kier alpha value is 0.200. The molecule has 0 amide bonds. The molecule has 2 nitrogen and oxygen atoms in total. The van der Waals surface area contributed by atoms with Crippen LogP contribution in [0.1, 0.15) is 39.5 Å². The zero-order valence-electron chi connectivity index (χ0n) is 7.81. The first-order chi connectivity index (χ1) is 5.70. The summed E-state index contributed by atoms with van der Waals surface area (Å²) in [6.07, 6.45) is 3.84. The molecule has 12 heavy (non-hydrogen) atoms. The fraction of sp³-hybridized carbons (Fsp3) is 0.889. The van der Waals surface area contributed by atoms with Gasteiger partial charge in [0.05, 0.1) is 6.61 Å². The third kappa shape index (κ3) is 6.88. The molecule has 0 aromatic carbocycles. The highest BCUT2D eigenvalue weighted by Gasteiger charge is 2.04. The van der Waals surface area contributed by atoms with Crippen LogP contribution < -0.4 is 0 Å². The Kier molecular flexibility index (Phi) is 7.96. The number of ether oxygens (including phenoxy) is 1. The molecule has 1 atom stereocenters. The summed E-state index contributed by atoms with van der Waals surface area (Å²) in [6.45, 7) is 4.51. The monoisotopic (exact) mass is 284 g/mol. The van der Waals surface area contributed by atoms with Crippen LogP contribution in [0.3, 0.4) is 0 Å². The van der Waals surface area contributed by atoms with Crippen LogP contribution in [0.4, 0.5) is 0 Å². The Morgan fingerprint density at radius 3 is 2.67 bits per heavy atom. The van der Waals surface area contributed by atoms with Gasteiger partial charge in [0.15, 0.2) is 0 Å². The Bertz CT molecular complexity index is 126. The lowest BCUT2D eigenvalue weighted by molar-refractivity contribution is -0.143. The van der Waals surface area contributed by atoms with E-state index in [1.807, 2.05) is 6.92 Å². The molecule has 3 heteroatoms. The maximum atomic E-state index is 10.9. The van der Waals surface area contributed by atoms with Gasteiger partial charge in [-0.3, -0.25) is 4.79 Å². The minimum Gasteiger partial charge on any atom is -0.466 e. The first-order valence-electron chi connectivity index (χ1n) is 4.50. The first-order valence-corrected chi connectivity index (χ1v) is 5.75. The van der Waals surface area contributed by atoms with Crippen LogP contribution in [0.15, 0.2) is 0 Å². The van der Waals surface area contributed by atoms with Gasteiger partial charge in [0, 0.05) is 10.3 Å². The number of rotatable bonds is 6. The van der Waals surface area contributed by atoms with E-state index in [4.69, 9.17) is 4.74 Å². The molecular formula is C9H17IO2. The highest BCUT2D eigenvalue weighted by atomic mass is 127. The van der Waals surface area contributed by atoms with Crippen LogP contribution in [0, 0.1) is 0 Å². The van der Waals surface area contributed by atoms with Gasteiger partial charge in [0.25, 0.3) is 0 Å². The summed E-state index contributed by atoms with van der Waals surface area (Å²) in [5.74, 6) is -0.0581. The average molecular weight is 284 g/mol. The molecule has 0 rings (SSSR count). The molecule has 0 aliphatic heterocycles. The lowest BCUT2D eigenvalue weighted by Crippen LogP contribution is -2.05. The molecule has 0 saturated heterocycles. The molecule has 0 fully saturated rings. The van der Waals surface area contributed by atoms with Gasteiger partial charge in [0.1, 0.15) is 0 Å². The SMILES string of the molecule is CCOC(=O)CCC[C@H](I)CC. The van der Waals surface area contributed by atoms with E-state index in [2.05, 4.69) is 29.5 Å². The minimum absolute atomic E-state index is 0.0581. The lowest BCUT2D eigenvalue weighted by Gasteiger charge is -2.05. The fourth-order valence-electron chi connectivity index (χ4n) is 0.905. The van der Waals surface area contributed by atoms with Crippen molar-refractivity contribution in [1.29, 1.82) is 0 Å². The number of carbonyl (C=O) groups excluding carboxylic acids is 1. The van der Waals surface area contributed by atoms with Crippen LogP contribution >= 0.6 is 22.6 Å². The summed E-state index contributed by atoms with van der Waals surface area (Å²) < 4.78 is 5.52. The molecule has 0 unspecified atom stereocenters. The van der Waals surface area contributed by atoms with Crippen molar-refractivity contribution in [2.75, 3.05) is 6.61 Å². The third-order valence-electron chi connectivity index (χ3n) is 1.65. The van der Waals surface area contributed by atoms with Crippen molar-refractivity contribution in [1.82, 2.24) is 0 Å². The van der Waals surface area contributed by atoms with E-state index in [1.54, 1.807) is 0 Å². The smallest absolute Gasteiger partial charge is 0.305 e. The highest BCUT2D eigenvalue weighted by Crippen LogP contribution is 2.13. The van der Waals surface area contributed by atoms with E-state index >= 15 is 0 Å². The molecular weight excluding hydrogens is 267 g/mol. The van der Waals surface area contributed by atoms with E-state index < -0.39 is 0 Å². The van der Waals surface area contributed by atoms with Gasteiger partial charge in [-0.2, -0.15) is 0 Å². The average Bonchev–Trinajstić information content (AvgIpc) is 2.04. The second-order valence-corrected chi connectivity index (χ2v) is 4.46.